The second kappa shape index (κ2) is 4.84. The average Bonchev–Trinajstić information content (AvgIpc) is 3.06. The molecule has 1 saturated heterocycles. The van der Waals surface area contributed by atoms with E-state index >= 15 is 0 Å². The Hall–Kier alpha value is -0.570. The zero-order valence-corrected chi connectivity index (χ0v) is 11.5. The highest BCUT2D eigenvalue weighted by atomic mass is 16.5. The summed E-state index contributed by atoms with van der Waals surface area (Å²) in [6.07, 6.45) is 8.59. The Morgan fingerprint density at radius 3 is 2.67 bits per heavy atom. The van der Waals surface area contributed by atoms with E-state index in [0.29, 0.717) is 13.0 Å². The van der Waals surface area contributed by atoms with Crippen molar-refractivity contribution < 1.29 is 9.53 Å². The van der Waals surface area contributed by atoms with E-state index in [1.807, 2.05) is 6.92 Å². The molecule has 0 N–H and O–H groups in total. The number of ether oxygens (including phenoxy) is 1. The number of carbonyl (C=O) groups is 1. The van der Waals surface area contributed by atoms with Crippen molar-refractivity contribution in [2.24, 2.45) is 11.8 Å². The fourth-order valence-electron chi connectivity index (χ4n) is 4.75. The van der Waals surface area contributed by atoms with E-state index in [0.717, 1.165) is 11.8 Å². The van der Waals surface area contributed by atoms with Crippen LogP contribution in [0, 0.1) is 11.8 Å². The number of likely N-dealkylation sites (tertiary alicyclic amines) is 1. The molecule has 3 heteroatoms. The SMILES string of the molecule is CCOC(=O)CC1(N2CCCC2)CC2CCC1C2. The number of esters is 1. The van der Waals surface area contributed by atoms with Crippen molar-refractivity contribution in [3.8, 4) is 0 Å². The minimum Gasteiger partial charge on any atom is -0.466 e. The molecule has 2 aliphatic carbocycles. The van der Waals surface area contributed by atoms with E-state index < -0.39 is 0 Å². The van der Waals surface area contributed by atoms with E-state index in [1.165, 1.54) is 51.6 Å². The first-order valence-corrected chi connectivity index (χ1v) is 7.65. The molecule has 3 rings (SSSR count). The van der Waals surface area contributed by atoms with Crippen molar-refractivity contribution in [2.75, 3.05) is 19.7 Å². The predicted molar refractivity (Wildman–Crippen MR) is 70.2 cm³/mol. The molecule has 0 aromatic carbocycles. The molecule has 0 aromatic heterocycles. The van der Waals surface area contributed by atoms with Crippen molar-refractivity contribution in [3.05, 3.63) is 0 Å². The molecule has 18 heavy (non-hydrogen) atoms. The number of carbonyl (C=O) groups excluding carboxylic acids is 1. The van der Waals surface area contributed by atoms with Crippen molar-refractivity contribution in [1.82, 2.24) is 4.90 Å². The summed E-state index contributed by atoms with van der Waals surface area (Å²) in [5.41, 5.74) is 0.172. The van der Waals surface area contributed by atoms with Crippen molar-refractivity contribution >= 4 is 5.97 Å². The maximum absolute atomic E-state index is 12.0. The predicted octanol–water partition coefficient (Wildman–Crippen LogP) is 2.59. The Balaban J connectivity index is 1.77. The third kappa shape index (κ3) is 1.97. The maximum Gasteiger partial charge on any atom is 0.307 e. The van der Waals surface area contributed by atoms with Crippen LogP contribution in [-0.4, -0.2) is 36.1 Å². The molecule has 2 saturated carbocycles. The largest absolute Gasteiger partial charge is 0.466 e. The molecule has 3 unspecified atom stereocenters. The molecule has 1 aliphatic heterocycles. The molecule has 0 amide bonds. The molecule has 3 atom stereocenters. The maximum atomic E-state index is 12.0. The first-order chi connectivity index (χ1) is 8.74. The Kier molecular flexibility index (Phi) is 3.35. The zero-order chi connectivity index (χ0) is 12.6. The topological polar surface area (TPSA) is 29.5 Å². The standard InChI is InChI=1S/C15H25NO2/c1-2-18-14(17)11-15(16-7-3-4-8-16)10-12-5-6-13(15)9-12/h12-13H,2-11H2,1H3. The van der Waals surface area contributed by atoms with Gasteiger partial charge in [-0.05, 0) is 64.0 Å². The summed E-state index contributed by atoms with van der Waals surface area (Å²) in [5, 5.41) is 0. The van der Waals surface area contributed by atoms with Crippen molar-refractivity contribution in [1.29, 1.82) is 0 Å². The van der Waals surface area contributed by atoms with E-state index in [2.05, 4.69) is 4.90 Å². The van der Waals surface area contributed by atoms with Gasteiger partial charge in [0.15, 0.2) is 0 Å². The molecule has 1 heterocycles. The van der Waals surface area contributed by atoms with Crippen LogP contribution in [-0.2, 0) is 9.53 Å². The van der Waals surface area contributed by atoms with Crippen LogP contribution in [0.2, 0.25) is 0 Å². The Labute approximate surface area is 110 Å². The minimum atomic E-state index is 0.0250. The summed E-state index contributed by atoms with van der Waals surface area (Å²) in [4.78, 5) is 14.6. The minimum absolute atomic E-state index is 0.0250. The van der Waals surface area contributed by atoms with Crippen molar-refractivity contribution in [3.63, 3.8) is 0 Å². The third-order valence-corrected chi connectivity index (χ3v) is 5.43. The Bertz CT molecular complexity index is 324. The molecule has 3 fully saturated rings. The van der Waals surface area contributed by atoms with Gasteiger partial charge in [-0.25, -0.2) is 0 Å². The lowest BCUT2D eigenvalue weighted by Crippen LogP contribution is -2.52. The van der Waals surface area contributed by atoms with Gasteiger partial charge in [0.25, 0.3) is 0 Å². The number of nitrogens with zero attached hydrogens (tertiary/aromatic N) is 1. The van der Waals surface area contributed by atoms with E-state index in [9.17, 15) is 4.79 Å². The highest BCUT2D eigenvalue weighted by Gasteiger charge is 2.55. The lowest BCUT2D eigenvalue weighted by atomic mass is 9.77. The van der Waals surface area contributed by atoms with Crippen LogP contribution in [0.25, 0.3) is 0 Å². The molecule has 0 radical (unpaired) electrons. The first kappa shape index (κ1) is 12.5. The highest BCUT2D eigenvalue weighted by molar-refractivity contribution is 5.71. The second-order valence-electron chi connectivity index (χ2n) is 6.36. The van der Waals surface area contributed by atoms with Crippen LogP contribution in [0.4, 0.5) is 0 Å². The summed E-state index contributed by atoms with van der Waals surface area (Å²) in [5.74, 6) is 1.66. The number of rotatable bonds is 4. The van der Waals surface area contributed by atoms with Crippen LogP contribution in [0.5, 0.6) is 0 Å². The number of fused-ring (bicyclic) bond motifs is 2. The van der Waals surface area contributed by atoms with Gasteiger partial charge in [-0.15, -0.1) is 0 Å². The van der Waals surface area contributed by atoms with E-state index in [-0.39, 0.29) is 11.5 Å². The average molecular weight is 251 g/mol. The highest BCUT2D eigenvalue weighted by Crippen LogP contribution is 2.55. The van der Waals surface area contributed by atoms with Gasteiger partial charge in [-0.2, -0.15) is 0 Å². The quantitative estimate of drug-likeness (QED) is 0.719. The van der Waals surface area contributed by atoms with Gasteiger partial charge in [0.1, 0.15) is 0 Å². The number of hydrogen-bond acceptors (Lipinski definition) is 3. The molecule has 102 valence electrons. The fraction of sp³-hybridized carbons (Fsp3) is 0.933. The Morgan fingerprint density at radius 1 is 1.33 bits per heavy atom. The van der Waals surface area contributed by atoms with Gasteiger partial charge in [0, 0.05) is 5.54 Å². The zero-order valence-electron chi connectivity index (χ0n) is 11.5. The van der Waals surface area contributed by atoms with Gasteiger partial charge in [0.2, 0.25) is 0 Å². The van der Waals surface area contributed by atoms with Gasteiger partial charge in [-0.3, -0.25) is 9.69 Å². The lowest BCUT2D eigenvalue weighted by molar-refractivity contribution is -0.147. The van der Waals surface area contributed by atoms with E-state index in [4.69, 9.17) is 4.74 Å². The first-order valence-electron chi connectivity index (χ1n) is 7.65. The van der Waals surface area contributed by atoms with Crippen molar-refractivity contribution in [2.45, 2.75) is 57.4 Å². The Morgan fingerprint density at radius 2 is 2.11 bits per heavy atom. The smallest absolute Gasteiger partial charge is 0.307 e. The van der Waals surface area contributed by atoms with Crippen LogP contribution >= 0.6 is 0 Å². The van der Waals surface area contributed by atoms with Crippen LogP contribution < -0.4 is 0 Å². The lowest BCUT2D eigenvalue weighted by Gasteiger charge is -2.44. The van der Waals surface area contributed by atoms with Gasteiger partial charge in [-0.1, -0.05) is 6.42 Å². The van der Waals surface area contributed by atoms with E-state index in [1.54, 1.807) is 0 Å². The monoisotopic (exact) mass is 251 g/mol. The molecular formula is C15H25NO2. The fourth-order valence-corrected chi connectivity index (χ4v) is 4.75. The van der Waals surface area contributed by atoms with Gasteiger partial charge in [0.05, 0.1) is 13.0 Å². The summed E-state index contributed by atoms with van der Waals surface area (Å²) < 4.78 is 5.23. The summed E-state index contributed by atoms with van der Waals surface area (Å²) in [6, 6.07) is 0. The molecule has 3 aliphatic rings. The molecule has 3 nitrogen and oxygen atoms in total. The third-order valence-electron chi connectivity index (χ3n) is 5.43. The van der Waals surface area contributed by atoms with Crippen LogP contribution in [0.1, 0.15) is 51.9 Å². The van der Waals surface area contributed by atoms with Gasteiger partial charge >= 0.3 is 5.97 Å². The molecule has 2 bridgehead atoms. The molecule has 0 aromatic rings. The van der Waals surface area contributed by atoms with Crippen LogP contribution in [0.15, 0.2) is 0 Å². The summed E-state index contributed by atoms with van der Waals surface area (Å²) in [7, 11) is 0. The number of hydrogen-bond donors (Lipinski definition) is 0. The molecule has 0 spiro atoms. The van der Waals surface area contributed by atoms with Crippen LogP contribution in [0.3, 0.4) is 0 Å². The normalized spacial score (nSPS) is 39.4. The van der Waals surface area contributed by atoms with Gasteiger partial charge < -0.3 is 4.74 Å². The summed E-state index contributed by atoms with van der Waals surface area (Å²) in [6.45, 7) is 4.81. The molecular weight excluding hydrogens is 226 g/mol. The summed E-state index contributed by atoms with van der Waals surface area (Å²) >= 11 is 0. The second-order valence-corrected chi connectivity index (χ2v) is 6.36.